The van der Waals surface area contributed by atoms with Gasteiger partial charge in [-0.15, -0.1) is 0 Å². The molecule has 0 spiro atoms. The molecule has 11 rings (SSSR count). The average Bonchev–Trinajstić information content (AvgIpc) is 3.89. The zero-order valence-corrected chi connectivity index (χ0v) is 28.0. The van der Waals surface area contributed by atoms with Crippen LogP contribution in [0.5, 0.6) is 0 Å². The van der Waals surface area contributed by atoms with Gasteiger partial charge in [0.15, 0.2) is 0 Å². The van der Waals surface area contributed by atoms with E-state index in [0.717, 1.165) is 77.8 Å². The number of hydrogen-bond donors (Lipinski definition) is 0. The van der Waals surface area contributed by atoms with Crippen LogP contribution in [0.15, 0.2) is 191 Å². The Morgan fingerprint density at radius 2 is 0.981 bits per heavy atom. The van der Waals surface area contributed by atoms with Crippen LogP contribution in [0.2, 0.25) is 0 Å². The molecule has 3 aromatic heterocycles. The largest absolute Gasteiger partial charge is 0.456 e. The van der Waals surface area contributed by atoms with E-state index in [-0.39, 0.29) is 0 Å². The molecule has 0 bridgehead atoms. The van der Waals surface area contributed by atoms with Crippen LogP contribution in [0, 0.1) is 0 Å². The Morgan fingerprint density at radius 1 is 0.404 bits per heavy atom. The van der Waals surface area contributed by atoms with Gasteiger partial charge in [-0.1, -0.05) is 103 Å². The highest BCUT2D eigenvalue weighted by atomic mass is 16.3. The van der Waals surface area contributed by atoms with Crippen LogP contribution in [0.1, 0.15) is 0 Å². The Balaban J connectivity index is 1.16. The summed E-state index contributed by atoms with van der Waals surface area (Å²) >= 11 is 0. The number of hydrogen-bond acceptors (Lipinski definition) is 3. The molecule has 4 nitrogen and oxygen atoms in total. The minimum absolute atomic E-state index is 0.847. The van der Waals surface area contributed by atoms with Gasteiger partial charge in [0, 0.05) is 55.6 Å². The molecule has 4 heteroatoms. The van der Waals surface area contributed by atoms with E-state index in [1.54, 1.807) is 0 Å². The van der Waals surface area contributed by atoms with Gasteiger partial charge in [-0.2, -0.15) is 0 Å². The third-order valence-corrected chi connectivity index (χ3v) is 10.4. The van der Waals surface area contributed by atoms with Crippen molar-refractivity contribution >= 4 is 82.7 Å². The summed E-state index contributed by atoms with van der Waals surface area (Å²) in [6.07, 6.45) is 0. The van der Waals surface area contributed by atoms with Crippen molar-refractivity contribution in [1.82, 2.24) is 4.57 Å². The molecule has 11 aromatic rings. The Morgan fingerprint density at radius 3 is 1.71 bits per heavy atom. The molecule has 0 radical (unpaired) electrons. The van der Waals surface area contributed by atoms with Gasteiger partial charge in [0.05, 0.1) is 22.1 Å². The van der Waals surface area contributed by atoms with Gasteiger partial charge in [-0.25, -0.2) is 0 Å². The van der Waals surface area contributed by atoms with Gasteiger partial charge < -0.3 is 18.3 Å². The molecule has 0 fully saturated rings. The van der Waals surface area contributed by atoms with Gasteiger partial charge in [-0.05, 0) is 78.4 Å². The molecule has 0 aliphatic rings. The highest BCUT2D eigenvalue weighted by Crippen LogP contribution is 2.47. The normalized spacial score (nSPS) is 11.8. The van der Waals surface area contributed by atoms with Crippen molar-refractivity contribution in [1.29, 1.82) is 0 Å². The number of para-hydroxylation sites is 4. The van der Waals surface area contributed by atoms with E-state index in [1.165, 1.54) is 21.8 Å². The fourth-order valence-electron chi connectivity index (χ4n) is 8.07. The lowest BCUT2D eigenvalue weighted by atomic mass is 10.00. The summed E-state index contributed by atoms with van der Waals surface area (Å²) in [7, 11) is 0. The maximum absolute atomic E-state index is 6.71. The zero-order valence-electron chi connectivity index (χ0n) is 28.0. The van der Waals surface area contributed by atoms with Gasteiger partial charge in [0.25, 0.3) is 0 Å². The molecule has 0 atom stereocenters. The van der Waals surface area contributed by atoms with E-state index in [2.05, 4.69) is 167 Å². The quantitative estimate of drug-likeness (QED) is 0.183. The van der Waals surface area contributed by atoms with Crippen molar-refractivity contribution in [3.05, 3.63) is 182 Å². The van der Waals surface area contributed by atoms with Crippen molar-refractivity contribution in [2.45, 2.75) is 0 Å². The molecule has 8 aromatic carbocycles. The molecular weight excluding hydrogens is 637 g/mol. The van der Waals surface area contributed by atoms with Gasteiger partial charge in [0.2, 0.25) is 0 Å². The molecule has 0 aliphatic carbocycles. The fraction of sp³-hybridized carbons (Fsp3) is 0. The van der Waals surface area contributed by atoms with Crippen LogP contribution >= 0.6 is 0 Å². The Bertz CT molecular complexity index is 3080. The number of benzene rings is 8. The molecule has 0 amide bonds. The van der Waals surface area contributed by atoms with E-state index in [4.69, 9.17) is 8.83 Å². The van der Waals surface area contributed by atoms with Gasteiger partial charge in [-0.3, -0.25) is 0 Å². The van der Waals surface area contributed by atoms with Gasteiger partial charge in [0.1, 0.15) is 22.3 Å². The summed E-state index contributed by atoms with van der Waals surface area (Å²) in [5, 5.41) is 6.84. The number of nitrogens with zero attached hydrogens (tertiary/aromatic N) is 2. The maximum Gasteiger partial charge on any atom is 0.145 e. The molecule has 3 heterocycles. The van der Waals surface area contributed by atoms with Crippen LogP contribution in [-0.2, 0) is 0 Å². The van der Waals surface area contributed by atoms with Crippen molar-refractivity contribution in [2.75, 3.05) is 4.90 Å². The summed E-state index contributed by atoms with van der Waals surface area (Å²) < 4.78 is 15.5. The van der Waals surface area contributed by atoms with E-state index in [9.17, 15) is 0 Å². The first-order valence-corrected chi connectivity index (χ1v) is 17.6. The molecule has 52 heavy (non-hydrogen) atoms. The third kappa shape index (κ3) is 4.28. The lowest BCUT2D eigenvalue weighted by Crippen LogP contribution is -2.10. The second kappa shape index (κ2) is 11.2. The average molecular weight is 667 g/mol. The molecule has 0 saturated carbocycles. The Hall–Kier alpha value is -7.04. The molecule has 0 saturated heterocycles. The second-order valence-corrected chi connectivity index (χ2v) is 13.3. The highest BCUT2D eigenvalue weighted by Gasteiger charge is 2.23. The predicted molar refractivity (Wildman–Crippen MR) is 215 cm³/mol. The summed E-state index contributed by atoms with van der Waals surface area (Å²) in [5.41, 5.74) is 12.2. The smallest absolute Gasteiger partial charge is 0.145 e. The van der Waals surface area contributed by atoms with E-state index in [0.29, 0.717) is 0 Å². The monoisotopic (exact) mass is 666 g/mol. The molecule has 0 unspecified atom stereocenters. The van der Waals surface area contributed by atoms with Crippen molar-refractivity contribution in [2.24, 2.45) is 0 Å². The van der Waals surface area contributed by atoms with Crippen molar-refractivity contribution in [3.8, 4) is 16.8 Å². The first kappa shape index (κ1) is 28.8. The van der Waals surface area contributed by atoms with Crippen molar-refractivity contribution < 1.29 is 8.83 Å². The number of furan rings is 2. The maximum atomic E-state index is 6.71. The summed E-state index contributed by atoms with van der Waals surface area (Å²) in [5.74, 6) is 0. The minimum Gasteiger partial charge on any atom is -0.456 e. The Labute approximate surface area is 299 Å². The predicted octanol–water partition coefficient (Wildman–Crippen LogP) is 13.7. The van der Waals surface area contributed by atoms with Crippen LogP contribution in [0.3, 0.4) is 0 Å². The first-order valence-electron chi connectivity index (χ1n) is 17.6. The highest BCUT2D eigenvalue weighted by molar-refractivity contribution is 6.17. The van der Waals surface area contributed by atoms with Crippen LogP contribution in [0.25, 0.3) is 82.5 Å². The summed E-state index contributed by atoms with van der Waals surface area (Å²) in [4.78, 5) is 2.33. The number of aromatic nitrogens is 1. The molecule has 244 valence electrons. The van der Waals surface area contributed by atoms with E-state index >= 15 is 0 Å². The molecule has 0 N–H and O–H groups in total. The van der Waals surface area contributed by atoms with E-state index < -0.39 is 0 Å². The van der Waals surface area contributed by atoms with Gasteiger partial charge >= 0.3 is 0 Å². The van der Waals surface area contributed by atoms with Crippen LogP contribution < -0.4 is 4.90 Å². The lowest BCUT2D eigenvalue weighted by molar-refractivity contribution is 0.669. The second-order valence-electron chi connectivity index (χ2n) is 13.3. The number of fused-ring (bicyclic) bond motifs is 9. The molecular formula is C48H30N2O2. The SMILES string of the molecule is c1ccc(-c2ccc(N(c3ccc(-n4c5ccccc5c5ccccc54)cc3)c3ccc4c(c3)oc3ccccc34)c3c2oc2ccccc23)cc1. The molecule has 0 aliphatic heterocycles. The fourth-order valence-corrected chi connectivity index (χ4v) is 8.07. The number of rotatable bonds is 5. The van der Waals surface area contributed by atoms with Crippen LogP contribution in [-0.4, -0.2) is 4.57 Å². The van der Waals surface area contributed by atoms with Crippen molar-refractivity contribution in [3.63, 3.8) is 0 Å². The zero-order chi connectivity index (χ0) is 34.2. The lowest BCUT2D eigenvalue weighted by Gasteiger charge is -2.27. The summed E-state index contributed by atoms with van der Waals surface area (Å²) in [6.45, 7) is 0. The Kier molecular flexibility index (Phi) is 6.22. The van der Waals surface area contributed by atoms with E-state index in [1.807, 2.05) is 24.3 Å². The first-order chi connectivity index (χ1) is 25.8. The minimum atomic E-state index is 0.847. The summed E-state index contributed by atoms with van der Waals surface area (Å²) in [6, 6.07) is 64.2. The third-order valence-electron chi connectivity index (χ3n) is 10.4. The number of anilines is 3. The van der Waals surface area contributed by atoms with Crippen LogP contribution in [0.4, 0.5) is 17.1 Å². The standard InChI is InChI=1S/C48H30N2O2/c1-2-12-31(13-3-1)35-28-29-43(47-40-17-7-11-21-45(40)52-48(35)47)49(34-26-27-39-38-16-6-10-20-44(38)51-46(39)30-34)32-22-24-33(25-23-32)50-41-18-8-4-14-36(41)37-15-5-9-19-42(37)50/h1-30H. The topological polar surface area (TPSA) is 34.5 Å².